The number of esters is 1. The summed E-state index contributed by atoms with van der Waals surface area (Å²) in [5, 5.41) is 21.4. The molecule has 0 aromatic heterocycles. The second-order valence-corrected chi connectivity index (χ2v) is 15.4. The van der Waals surface area contributed by atoms with Gasteiger partial charge in [0.25, 0.3) is 11.6 Å². The zero-order chi connectivity index (χ0) is 29.9. The fraction of sp³-hybridized carbons (Fsp3) is 0.464. The van der Waals surface area contributed by atoms with Crippen LogP contribution in [0.2, 0.25) is 18.6 Å². The van der Waals surface area contributed by atoms with Gasteiger partial charge in [0.15, 0.2) is 20.1 Å². The Balaban J connectivity index is 1.50. The average Bonchev–Trinajstić information content (AvgIpc) is 3.31. The molecule has 2 amide bonds. The third-order valence-electron chi connectivity index (χ3n) is 8.35. The Morgan fingerprint density at radius 2 is 1.90 bits per heavy atom. The highest BCUT2D eigenvalue weighted by atomic mass is 28.4. The smallest absolute Gasteiger partial charge is 0.304 e. The van der Waals surface area contributed by atoms with Crippen LogP contribution in [0.15, 0.2) is 42.5 Å². The van der Waals surface area contributed by atoms with Gasteiger partial charge in [-0.1, -0.05) is 19.1 Å². The van der Waals surface area contributed by atoms with Crippen LogP contribution in [0, 0.1) is 16.0 Å². The topological polar surface area (TPSA) is 160 Å². The van der Waals surface area contributed by atoms with Crippen LogP contribution in [0.4, 0.5) is 17.1 Å². The molecule has 2 saturated heterocycles. The van der Waals surface area contributed by atoms with Gasteiger partial charge < -0.3 is 24.3 Å². The van der Waals surface area contributed by atoms with E-state index in [0.29, 0.717) is 16.9 Å². The summed E-state index contributed by atoms with van der Waals surface area (Å²) < 4.78 is 11.7. The number of nitrogens with zero attached hydrogens (tertiary/aromatic N) is 3. The van der Waals surface area contributed by atoms with Crippen LogP contribution in [0.5, 0.6) is 0 Å². The number of aliphatic hydroxyl groups is 1. The molecule has 3 heterocycles. The number of benzene rings is 2. The fourth-order valence-corrected chi connectivity index (χ4v) is 9.26. The number of nitro benzene ring substituents is 1. The van der Waals surface area contributed by atoms with E-state index < -0.39 is 48.6 Å². The molecule has 1 unspecified atom stereocenters. The van der Waals surface area contributed by atoms with Crippen molar-refractivity contribution in [3.8, 4) is 0 Å². The summed E-state index contributed by atoms with van der Waals surface area (Å²) in [7, 11) is -2.90. The molecule has 2 aromatic carbocycles. The van der Waals surface area contributed by atoms with E-state index >= 15 is 0 Å². The van der Waals surface area contributed by atoms with E-state index in [1.807, 2.05) is 6.92 Å². The number of anilines is 2. The number of rotatable bonds is 8. The van der Waals surface area contributed by atoms with Gasteiger partial charge in [0, 0.05) is 48.4 Å². The maximum absolute atomic E-state index is 14.3. The molecule has 0 saturated carbocycles. The van der Waals surface area contributed by atoms with E-state index in [1.165, 1.54) is 28.9 Å². The van der Waals surface area contributed by atoms with Crippen molar-refractivity contribution in [2.75, 3.05) is 16.4 Å². The van der Waals surface area contributed by atoms with Crippen LogP contribution in [-0.2, 0) is 36.0 Å². The van der Waals surface area contributed by atoms with Gasteiger partial charge in [0.05, 0.1) is 29.7 Å². The summed E-state index contributed by atoms with van der Waals surface area (Å²) in [6.45, 7) is 6.57. The van der Waals surface area contributed by atoms with Crippen molar-refractivity contribution >= 4 is 43.2 Å². The first-order valence-corrected chi connectivity index (χ1v) is 16.5. The van der Waals surface area contributed by atoms with Crippen molar-refractivity contribution in [3.05, 3.63) is 63.7 Å². The van der Waals surface area contributed by atoms with Gasteiger partial charge in [-0.15, -0.1) is 0 Å². The fourth-order valence-electron chi connectivity index (χ4n) is 6.66. The molecule has 2 aromatic rings. The Labute approximate surface area is 237 Å². The van der Waals surface area contributed by atoms with Crippen molar-refractivity contribution in [3.63, 3.8) is 0 Å². The van der Waals surface area contributed by atoms with Crippen LogP contribution >= 0.6 is 0 Å². The lowest BCUT2D eigenvalue weighted by molar-refractivity contribution is -0.385. The first-order valence-electron chi connectivity index (χ1n) is 13.5. The number of fused-ring (bicyclic) bond motifs is 2. The lowest BCUT2D eigenvalue weighted by Gasteiger charge is -2.39. The summed E-state index contributed by atoms with van der Waals surface area (Å²) >= 11 is 0. The van der Waals surface area contributed by atoms with Crippen LogP contribution in [0.25, 0.3) is 0 Å². The maximum Gasteiger partial charge on any atom is 0.304 e. The van der Waals surface area contributed by atoms with Gasteiger partial charge >= 0.3 is 5.97 Å². The van der Waals surface area contributed by atoms with E-state index in [1.54, 1.807) is 43.4 Å². The Kier molecular flexibility index (Phi) is 7.26. The van der Waals surface area contributed by atoms with Gasteiger partial charge in [-0.05, 0) is 43.3 Å². The average molecular weight is 584 g/mol. The van der Waals surface area contributed by atoms with Gasteiger partial charge in [0.1, 0.15) is 0 Å². The minimum atomic E-state index is -2.90. The highest BCUT2D eigenvalue weighted by molar-refractivity contribution is 6.71. The SMILES string of the molecule is CC(=O)OC1CC(=O)N1c1ccc(CN2C(=O)[C@@]3(O[C@@H](CCO)[C@H]([Si](C)(C)O)[C@H]3C)c3cc([N+](=O)[O-])ccc32)cc1. The van der Waals surface area contributed by atoms with Crippen molar-refractivity contribution in [2.24, 2.45) is 5.92 Å². The van der Waals surface area contributed by atoms with Crippen molar-refractivity contribution in [1.29, 1.82) is 0 Å². The van der Waals surface area contributed by atoms with E-state index in [9.17, 15) is 34.4 Å². The number of carbonyl (C=O) groups is 3. The summed E-state index contributed by atoms with van der Waals surface area (Å²) in [4.78, 5) is 63.1. The number of ether oxygens (including phenoxy) is 2. The van der Waals surface area contributed by atoms with Gasteiger partial charge in [-0.25, -0.2) is 0 Å². The predicted octanol–water partition coefficient (Wildman–Crippen LogP) is 2.95. The molecule has 2 fully saturated rings. The number of hydrogen-bond acceptors (Lipinski definition) is 9. The minimum Gasteiger partial charge on any atom is -0.441 e. The zero-order valence-electron chi connectivity index (χ0n) is 23.3. The first-order chi connectivity index (χ1) is 19.3. The molecule has 218 valence electrons. The van der Waals surface area contributed by atoms with Crippen molar-refractivity contribution in [2.45, 2.75) is 69.8 Å². The Hall–Kier alpha value is -3.65. The van der Waals surface area contributed by atoms with Gasteiger partial charge in [0.2, 0.25) is 5.91 Å². The number of nitro groups is 1. The predicted molar refractivity (Wildman–Crippen MR) is 149 cm³/mol. The van der Waals surface area contributed by atoms with Crippen LogP contribution in [0.1, 0.15) is 37.8 Å². The van der Waals surface area contributed by atoms with Gasteiger partial charge in [-0.3, -0.25) is 29.4 Å². The molecule has 5 atom stereocenters. The normalized spacial score (nSPS) is 27.3. The zero-order valence-corrected chi connectivity index (χ0v) is 24.3. The molecule has 13 heteroatoms. The molecule has 1 spiro atoms. The molecule has 0 bridgehead atoms. The number of aliphatic hydroxyl groups excluding tert-OH is 1. The molecular weight excluding hydrogens is 550 g/mol. The monoisotopic (exact) mass is 583 g/mol. The number of β-lactam (4-membered cyclic amide) rings is 1. The molecule has 0 radical (unpaired) electrons. The van der Waals surface area contributed by atoms with Gasteiger partial charge in [-0.2, -0.15) is 0 Å². The third kappa shape index (κ3) is 4.72. The molecular formula is C28H33N3O9Si. The summed E-state index contributed by atoms with van der Waals surface area (Å²) in [5.41, 5.74) is -0.00277. The van der Waals surface area contributed by atoms with E-state index in [2.05, 4.69) is 0 Å². The third-order valence-corrected chi connectivity index (χ3v) is 10.9. The first kappa shape index (κ1) is 28.9. The molecule has 12 nitrogen and oxygen atoms in total. The quantitative estimate of drug-likeness (QED) is 0.157. The second-order valence-electron chi connectivity index (χ2n) is 11.4. The van der Waals surface area contributed by atoms with E-state index in [-0.39, 0.29) is 43.5 Å². The Bertz CT molecular complexity index is 1410. The molecule has 3 aliphatic heterocycles. The number of hydrogen-bond donors (Lipinski definition) is 2. The largest absolute Gasteiger partial charge is 0.441 e. The Morgan fingerprint density at radius 1 is 1.22 bits per heavy atom. The molecule has 3 aliphatic rings. The summed E-state index contributed by atoms with van der Waals surface area (Å²) in [6.07, 6.45) is -0.931. The number of non-ortho nitro benzene ring substituents is 1. The molecule has 5 rings (SSSR count). The highest BCUT2D eigenvalue weighted by Crippen LogP contribution is 2.60. The highest BCUT2D eigenvalue weighted by Gasteiger charge is 2.66. The second kappa shape index (κ2) is 10.3. The lowest BCUT2D eigenvalue weighted by Crippen LogP contribution is -2.54. The maximum atomic E-state index is 14.3. The van der Waals surface area contributed by atoms with Crippen LogP contribution in [-0.4, -0.2) is 59.9 Å². The standard InChI is InChI=1S/C28H33N3O9Si/c1-16-26(41(3,4)38)23(11-12-32)40-28(16)21-13-20(31(36)37)9-10-22(21)29(27(28)35)15-18-5-7-19(8-6-18)30-24(34)14-25(30)39-17(2)33/h5-10,13,16,23,25-26,32,38H,11-12,14-15H2,1-4H3/t16-,23+,25?,26-,28+/m1/s1. The van der Waals surface area contributed by atoms with E-state index in [4.69, 9.17) is 9.47 Å². The summed E-state index contributed by atoms with van der Waals surface area (Å²) in [6, 6.07) is 11.2. The number of carbonyl (C=O) groups excluding carboxylic acids is 3. The number of amides is 2. The molecule has 0 aliphatic carbocycles. The lowest BCUT2D eigenvalue weighted by atomic mass is 9.82. The Morgan fingerprint density at radius 3 is 2.46 bits per heavy atom. The van der Waals surface area contributed by atoms with Crippen LogP contribution < -0.4 is 9.80 Å². The van der Waals surface area contributed by atoms with Crippen molar-refractivity contribution in [1.82, 2.24) is 0 Å². The minimum absolute atomic E-state index is 0.110. The molecule has 2 N–H and O–H groups in total. The van der Waals surface area contributed by atoms with E-state index in [0.717, 1.165) is 5.56 Å². The van der Waals surface area contributed by atoms with Crippen LogP contribution in [0.3, 0.4) is 0 Å². The van der Waals surface area contributed by atoms with Crippen molar-refractivity contribution < 1.29 is 38.7 Å². The molecule has 41 heavy (non-hydrogen) atoms. The summed E-state index contributed by atoms with van der Waals surface area (Å²) in [5.74, 6) is -1.56.